The van der Waals surface area contributed by atoms with Crippen molar-refractivity contribution in [3.05, 3.63) is 85.1 Å². The van der Waals surface area contributed by atoms with E-state index in [0.717, 1.165) is 89.9 Å². The summed E-state index contributed by atoms with van der Waals surface area (Å²) in [6.07, 6.45) is 72.9. The summed E-state index contributed by atoms with van der Waals surface area (Å²) in [6, 6.07) is 0. The van der Waals surface area contributed by atoms with Crippen molar-refractivity contribution in [2.45, 2.75) is 277 Å². The minimum atomic E-state index is -0.813. The van der Waals surface area contributed by atoms with Gasteiger partial charge in [0.1, 0.15) is 13.2 Å². The lowest BCUT2D eigenvalue weighted by atomic mass is 10.1. The number of carbonyl (C=O) groups excluding carboxylic acids is 3. The van der Waals surface area contributed by atoms with Gasteiger partial charge in [-0.15, -0.1) is 0 Å². The third-order valence-electron chi connectivity index (χ3n) is 12.1. The zero-order valence-corrected chi connectivity index (χ0v) is 44.6. The average Bonchev–Trinajstić information content (AvgIpc) is 3.34. The molecule has 0 bridgehead atoms. The van der Waals surface area contributed by atoms with Gasteiger partial charge in [0.15, 0.2) is 6.10 Å². The second-order valence-electron chi connectivity index (χ2n) is 18.8. The van der Waals surface area contributed by atoms with Crippen molar-refractivity contribution in [1.29, 1.82) is 0 Å². The Morgan fingerprint density at radius 2 is 0.559 bits per heavy atom. The molecule has 0 aliphatic rings. The SMILES string of the molecule is CCCC/C=C\C/C=C\CCCCCCCC(=O)OC[C@H](COC(=O)CCCCCCCCC/C=C\CCCCCCCCCC)OC(=O)CCC/C=C\C/C=C\C/C=C\C/C=C\CCCCC. The molecule has 0 fully saturated rings. The highest BCUT2D eigenvalue weighted by Crippen LogP contribution is 2.14. The normalized spacial score (nSPS) is 12.7. The lowest BCUT2D eigenvalue weighted by Gasteiger charge is -2.18. The van der Waals surface area contributed by atoms with Crippen LogP contribution in [-0.2, 0) is 28.6 Å². The molecule has 0 aliphatic heterocycles. The Kier molecular flexibility index (Phi) is 53.4. The summed E-state index contributed by atoms with van der Waals surface area (Å²) < 4.78 is 16.8. The van der Waals surface area contributed by atoms with E-state index in [1.54, 1.807) is 0 Å². The van der Waals surface area contributed by atoms with Gasteiger partial charge in [-0.05, 0) is 109 Å². The summed E-state index contributed by atoms with van der Waals surface area (Å²) >= 11 is 0. The van der Waals surface area contributed by atoms with E-state index in [-0.39, 0.29) is 37.5 Å². The topological polar surface area (TPSA) is 78.9 Å². The fourth-order valence-electron chi connectivity index (χ4n) is 7.74. The summed E-state index contributed by atoms with van der Waals surface area (Å²) in [5.41, 5.74) is 0. The summed E-state index contributed by atoms with van der Waals surface area (Å²) in [5.74, 6) is -0.976. The molecule has 0 spiro atoms. The van der Waals surface area contributed by atoms with Crippen LogP contribution in [0.5, 0.6) is 0 Å². The molecule has 0 aromatic heterocycles. The van der Waals surface area contributed by atoms with Gasteiger partial charge in [-0.1, -0.05) is 228 Å². The molecule has 0 heterocycles. The van der Waals surface area contributed by atoms with E-state index < -0.39 is 6.10 Å². The van der Waals surface area contributed by atoms with Crippen LogP contribution in [0.15, 0.2) is 85.1 Å². The minimum absolute atomic E-state index is 0.105. The first-order valence-electron chi connectivity index (χ1n) is 28.6. The first-order chi connectivity index (χ1) is 33.5. The Balaban J connectivity index is 4.47. The number of rotatable bonds is 51. The number of carbonyl (C=O) groups is 3. The second-order valence-corrected chi connectivity index (χ2v) is 18.8. The Labute approximate surface area is 420 Å². The third-order valence-corrected chi connectivity index (χ3v) is 12.1. The van der Waals surface area contributed by atoms with Crippen molar-refractivity contribution in [1.82, 2.24) is 0 Å². The van der Waals surface area contributed by atoms with E-state index in [1.807, 2.05) is 0 Å². The summed E-state index contributed by atoms with van der Waals surface area (Å²) in [7, 11) is 0. The standard InChI is InChI=1S/C62H106O6/c1-4-7-10-13-16-19-22-25-28-30-31-33-34-37-40-43-46-49-52-55-61(64)67-58-59(57-66-60(63)54-51-48-45-42-39-36-27-24-21-18-15-12-9-6-3)68-62(65)56-53-50-47-44-41-38-35-32-29-26-23-20-17-14-11-8-5-2/h15,17-18,20,24,26-27,29-31,35,38,44,47,59H,4-14,16,19,21-23,25,28,32-34,36-37,39-43,45-46,48-58H2,1-3H3/b18-15-,20-17-,27-24-,29-26-,31-30-,38-35-,47-44-/t59-/m1/s1. The average molecular weight is 948 g/mol. The van der Waals surface area contributed by atoms with Crippen LogP contribution in [0.3, 0.4) is 0 Å². The molecule has 0 amide bonds. The van der Waals surface area contributed by atoms with Crippen LogP contribution in [0.1, 0.15) is 271 Å². The van der Waals surface area contributed by atoms with E-state index in [0.29, 0.717) is 19.3 Å². The van der Waals surface area contributed by atoms with Crippen LogP contribution in [0.2, 0.25) is 0 Å². The molecule has 6 nitrogen and oxygen atoms in total. The van der Waals surface area contributed by atoms with Gasteiger partial charge >= 0.3 is 17.9 Å². The highest BCUT2D eigenvalue weighted by Gasteiger charge is 2.19. The molecule has 0 saturated heterocycles. The van der Waals surface area contributed by atoms with Crippen LogP contribution < -0.4 is 0 Å². The van der Waals surface area contributed by atoms with Crippen LogP contribution in [0.4, 0.5) is 0 Å². The second kappa shape index (κ2) is 56.2. The van der Waals surface area contributed by atoms with Crippen molar-refractivity contribution in [3.8, 4) is 0 Å². The monoisotopic (exact) mass is 947 g/mol. The molecular formula is C62H106O6. The van der Waals surface area contributed by atoms with Gasteiger partial charge in [0, 0.05) is 19.3 Å². The molecule has 6 heteroatoms. The summed E-state index contributed by atoms with van der Waals surface area (Å²) in [5, 5.41) is 0. The molecule has 0 aromatic rings. The highest BCUT2D eigenvalue weighted by molar-refractivity contribution is 5.71. The van der Waals surface area contributed by atoms with Gasteiger partial charge in [-0.2, -0.15) is 0 Å². The lowest BCUT2D eigenvalue weighted by molar-refractivity contribution is -0.167. The van der Waals surface area contributed by atoms with Crippen LogP contribution in [-0.4, -0.2) is 37.2 Å². The molecular weight excluding hydrogens is 841 g/mol. The van der Waals surface area contributed by atoms with Crippen molar-refractivity contribution in [2.75, 3.05) is 13.2 Å². The molecule has 0 saturated carbocycles. The van der Waals surface area contributed by atoms with Crippen molar-refractivity contribution in [3.63, 3.8) is 0 Å². The van der Waals surface area contributed by atoms with Gasteiger partial charge in [0.25, 0.3) is 0 Å². The van der Waals surface area contributed by atoms with Gasteiger partial charge in [0.05, 0.1) is 0 Å². The van der Waals surface area contributed by atoms with Gasteiger partial charge in [0.2, 0.25) is 0 Å². The Morgan fingerprint density at radius 3 is 0.956 bits per heavy atom. The Hall–Kier alpha value is -3.41. The molecule has 0 aliphatic carbocycles. The number of hydrogen-bond acceptors (Lipinski definition) is 6. The van der Waals surface area contributed by atoms with Gasteiger partial charge in [-0.3, -0.25) is 14.4 Å². The maximum Gasteiger partial charge on any atom is 0.306 e. The zero-order chi connectivity index (χ0) is 49.3. The van der Waals surface area contributed by atoms with Crippen molar-refractivity contribution < 1.29 is 28.6 Å². The number of esters is 3. The predicted molar refractivity (Wildman–Crippen MR) is 293 cm³/mol. The molecule has 0 unspecified atom stereocenters. The first kappa shape index (κ1) is 64.6. The maximum absolute atomic E-state index is 12.8. The predicted octanol–water partition coefficient (Wildman–Crippen LogP) is 19.2. The third kappa shape index (κ3) is 53.5. The Morgan fingerprint density at radius 1 is 0.294 bits per heavy atom. The smallest absolute Gasteiger partial charge is 0.306 e. The molecule has 1 atom stereocenters. The number of hydrogen-bond donors (Lipinski definition) is 0. The van der Waals surface area contributed by atoms with Crippen molar-refractivity contribution in [2.24, 2.45) is 0 Å². The summed E-state index contributed by atoms with van der Waals surface area (Å²) in [4.78, 5) is 38.1. The maximum atomic E-state index is 12.8. The molecule has 0 aromatic carbocycles. The van der Waals surface area contributed by atoms with E-state index >= 15 is 0 Å². The summed E-state index contributed by atoms with van der Waals surface area (Å²) in [6.45, 7) is 6.52. The molecule has 0 N–H and O–H groups in total. The van der Waals surface area contributed by atoms with Crippen LogP contribution in [0.25, 0.3) is 0 Å². The van der Waals surface area contributed by atoms with Crippen molar-refractivity contribution >= 4 is 17.9 Å². The van der Waals surface area contributed by atoms with E-state index in [1.165, 1.54) is 135 Å². The van der Waals surface area contributed by atoms with Crippen LogP contribution >= 0.6 is 0 Å². The van der Waals surface area contributed by atoms with Crippen LogP contribution in [0, 0.1) is 0 Å². The fraction of sp³-hybridized carbons (Fsp3) is 0.726. The number of ether oxygens (including phenoxy) is 3. The number of unbranched alkanes of at least 4 members (excludes halogenated alkanes) is 26. The van der Waals surface area contributed by atoms with E-state index in [9.17, 15) is 14.4 Å². The number of allylic oxidation sites excluding steroid dienone is 14. The molecule has 0 radical (unpaired) electrons. The largest absolute Gasteiger partial charge is 0.462 e. The Bertz CT molecular complexity index is 1320. The highest BCUT2D eigenvalue weighted by atomic mass is 16.6. The van der Waals surface area contributed by atoms with E-state index in [4.69, 9.17) is 14.2 Å². The quantitative estimate of drug-likeness (QED) is 0.0262. The van der Waals surface area contributed by atoms with E-state index in [2.05, 4.69) is 106 Å². The molecule has 0 rings (SSSR count). The fourth-order valence-corrected chi connectivity index (χ4v) is 7.74. The molecule has 68 heavy (non-hydrogen) atoms. The zero-order valence-electron chi connectivity index (χ0n) is 44.6. The molecule has 390 valence electrons. The first-order valence-corrected chi connectivity index (χ1v) is 28.6. The lowest BCUT2D eigenvalue weighted by Crippen LogP contribution is -2.30. The minimum Gasteiger partial charge on any atom is -0.462 e. The van der Waals surface area contributed by atoms with Gasteiger partial charge < -0.3 is 14.2 Å². The van der Waals surface area contributed by atoms with Gasteiger partial charge in [-0.25, -0.2) is 0 Å².